The molecule has 0 saturated carbocycles. The molecule has 0 aliphatic carbocycles. The van der Waals surface area contributed by atoms with Gasteiger partial charge in [0.15, 0.2) is 0 Å². The summed E-state index contributed by atoms with van der Waals surface area (Å²) < 4.78 is 5.98. The maximum absolute atomic E-state index is 11.3. The van der Waals surface area contributed by atoms with Crippen LogP contribution in [0.5, 0.6) is 0 Å². The van der Waals surface area contributed by atoms with Crippen LogP contribution in [0.15, 0.2) is 4.79 Å². The van der Waals surface area contributed by atoms with Crippen molar-refractivity contribution in [1.82, 2.24) is 9.78 Å². The highest BCUT2D eigenvalue weighted by atomic mass is 16.5. The second-order valence-corrected chi connectivity index (χ2v) is 2.70. The quantitative estimate of drug-likeness (QED) is 0.668. The van der Waals surface area contributed by atoms with E-state index in [1.165, 1.54) is 4.68 Å². The molecule has 0 aliphatic heterocycles. The molecule has 72 valence electrons. The zero-order chi connectivity index (χ0) is 10.0. The summed E-state index contributed by atoms with van der Waals surface area (Å²) in [5.74, 6) is -0.568. The van der Waals surface area contributed by atoms with E-state index >= 15 is 0 Å². The van der Waals surface area contributed by atoms with Gasteiger partial charge in [-0.3, -0.25) is 14.6 Å². The van der Waals surface area contributed by atoms with E-state index in [9.17, 15) is 9.59 Å². The Balaban J connectivity index is 3.14. The molecule has 1 N–H and O–H groups in total. The highest BCUT2D eigenvalue weighted by Crippen LogP contribution is 2.00. The molecule has 0 fully saturated rings. The minimum Gasteiger partial charge on any atom is -0.462 e. The summed E-state index contributed by atoms with van der Waals surface area (Å²) in [6, 6.07) is 0. The van der Waals surface area contributed by atoms with Crippen LogP contribution in [0.2, 0.25) is 0 Å². The Morgan fingerprint density at radius 2 is 2.23 bits per heavy atom. The van der Waals surface area contributed by atoms with E-state index < -0.39 is 5.97 Å². The van der Waals surface area contributed by atoms with E-state index in [0.717, 1.165) is 0 Å². The number of hydrogen-bond acceptors (Lipinski definition) is 3. The van der Waals surface area contributed by atoms with Crippen molar-refractivity contribution in [2.45, 2.75) is 13.8 Å². The average molecular weight is 184 g/mol. The smallest absolute Gasteiger partial charge is 0.345 e. The van der Waals surface area contributed by atoms with Crippen LogP contribution < -0.4 is 5.56 Å². The van der Waals surface area contributed by atoms with Crippen LogP contribution in [0.3, 0.4) is 0 Å². The van der Waals surface area contributed by atoms with Gasteiger partial charge in [0.25, 0.3) is 5.56 Å². The zero-order valence-corrected chi connectivity index (χ0v) is 7.88. The van der Waals surface area contributed by atoms with Gasteiger partial charge in [0.2, 0.25) is 0 Å². The van der Waals surface area contributed by atoms with Crippen molar-refractivity contribution < 1.29 is 9.53 Å². The van der Waals surface area contributed by atoms with E-state index in [2.05, 4.69) is 5.10 Å². The molecule has 1 rings (SSSR count). The Morgan fingerprint density at radius 3 is 2.62 bits per heavy atom. The second kappa shape index (κ2) is 3.47. The summed E-state index contributed by atoms with van der Waals surface area (Å²) >= 11 is 0. The van der Waals surface area contributed by atoms with Gasteiger partial charge in [-0.2, -0.15) is 0 Å². The number of nitrogens with one attached hydrogen (secondary N) is 1. The second-order valence-electron chi connectivity index (χ2n) is 2.70. The molecule has 0 radical (unpaired) electrons. The third-order valence-corrected chi connectivity index (χ3v) is 1.71. The minimum absolute atomic E-state index is 0.0874. The van der Waals surface area contributed by atoms with Crippen molar-refractivity contribution in [3.63, 3.8) is 0 Å². The number of aromatic amines is 1. The van der Waals surface area contributed by atoms with Crippen molar-refractivity contribution in [1.29, 1.82) is 0 Å². The molecule has 1 aromatic heterocycles. The lowest BCUT2D eigenvalue weighted by molar-refractivity contribution is 0.0524. The molecule has 0 bridgehead atoms. The maximum Gasteiger partial charge on any atom is 0.345 e. The fourth-order valence-electron chi connectivity index (χ4n) is 1.13. The number of rotatable bonds is 2. The zero-order valence-electron chi connectivity index (χ0n) is 7.88. The van der Waals surface area contributed by atoms with E-state index in [0.29, 0.717) is 5.69 Å². The third kappa shape index (κ3) is 1.63. The predicted molar refractivity (Wildman–Crippen MR) is 46.7 cm³/mol. The number of aryl methyl sites for hydroxylation is 2. The van der Waals surface area contributed by atoms with Crippen LogP contribution in [0, 0.1) is 6.92 Å². The van der Waals surface area contributed by atoms with Crippen molar-refractivity contribution in [2.24, 2.45) is 7.05 Å². The van der Waals surface area contributed by atoms with Crippen molar-refractivity contribution in [3.05, 3.63) is 21.6 Å². The number of aromatic nitrogens is 2. The first-order valence-electron chi connectivity index (χ1n) is 4.00. The number of nitrogens with zero attached hydrogens (tertiary/aromatic N) is 1. The number of ether oxygens (including phenoxy) is 1. The monoisotopic (exact) mass is 184 g/mol. The van der Waals surface area contributed by atoms with Gasteiger partial charge >= 0.3 is 5.97 Å². The number of carbonyl (C=O) groups is 1. The average Bonchev–Trinajstić information content (AvgIpc) is 2.27. The van der Waals surface area contributed by atoms with Crippen LogP contribution in [0.1, 0.15) is 23.0 Å². The maximum atomic E-state index is 11.3. The van der Waals surface area contributed by atoms with Gasteiger partial charge in [-0.15, -0.1) is 0 Å². The molecule has 0 aromatic carbocycles. The van der Waals surface area contributed by atoms with Gasteiger partial charge in [0.05, 0.1) is 6.61 Å². The Bertz CT molecular complexity index is 375. The molecular weight excluding hydrogens is 172 g/mol. The number of esters is 1. The molecule has 1 aromatic rings. The Labute approximate surface area is 75.3 Å². The highest BCUT2D eigenvalue weighted by Gasteiger charge is 2.17. The first-order chi connectivity index (χ1) is 6.07. The van der Waals surface area contributed by atoms with Crippen molar-refractivity contribution >= 4 is 5.97 Å². The summed E-state index contributed by atoms with van der Waals surface area (Å²) in [4.78, 5) is 22.6. The molecule has 5 heteroatoms. The standard InChI is InChI=1S/C8H12N2O3/c1-4-13-8(12)6-5(2)9-10(3)7(6)11/h9H,4H2,1-3H3. The van der Waals surface area contributed by atoms with E-state index in [1.807, 2.05) is 0 Å². The summed E-state index contributed by atoms with van der Waals surface area (Å²) in [7, 11) is 1.55. The van der Waals surface area contributed by atoms with Crippen molar-refractivity contribution in [3.8, 4) is 0 Å². The van der Waals surface area contributed by atoms with Crippen molar-refractivity contribution in [2.75, 3.05) is 6.61 Å². The lowest BCUT2D eigenvalue weighted by Crippen LogP contribution is -2.20. The van der Waals surface area contributed by atoms with Gasteiger partial charge in [0, 0.05) is 12.7 Å². The molecule has 0 atom stereocenters. The minimum atomic E-state index is -0.568. The fraction of sp³-hybridized carbons (Fsp3) is 0.500. The van der Waals surface area contributed by atoms with E-state index in [-0.39, 0.29) is 17.7 Å². The summed E-state index contributed by atoms with van der Waals surface area (Å²) in [6.07, 6.45) is 0. The molecule has 0 spiro atoms. The molecular formula is C8H12N2O3. The van der Waals surface area contributed by atoms with Gasteiger partial charge in [-0.1, -0.05) is 0 Å². The van der Waals surface area contributed by atoms with Gasteiger partial charge < -0.3 is 4.74 Å². The Hall–Kier alpha value is -1.52. The van der Waals surface area contributed by atoms with E-state index in [1.54, 1.807) is 20.9 Å². The number of carbonyl (C=O) groups excluding carboxylic acids is 1. The molecule has 1 heterocycles. The summed E-state index contributed by atoms with van der Waals surface area (Å²) in [5.41, 5.74) is 0.270. The molecule has 0 unspecified atom stereocenters. The molecule has 5 nitrogen and oxygen atoms in total. The van der Waals surface area contributed by atoms with Gasteiger partial charge in [0.1, 0.15) is 5.56 Å². The summed E-state index contributed by atoms with van der Waals surface area (Å²) in [6.45, 7) is 3.63. The number of hydrogen-bond donors (Lipinski definition) is 1. The largest absolute Gasteiger partial charge is 0.462 e. The molecule has 13 heavy (non-hydrogen) atoms. The van der Waals surface area contributed by atoms with Crippen LogP contribution in [-0.4, -0.2) is 22.4 Å². The SMILES string of the molecule is CCOC(=O)c1c(C)[nH]n(C)c1=O. The first-order valence-corrected chi connectivity index (χ1v) is 4.00. The van der Waals surface area contributed by atoms with Crippen LogP contribution in [0.4, 0.5) is 0 Å². The highest BCUT2D eigenvalue weighted by molar-refractivity contribution is 5.90. The predicted octanol–water partition coefficient (Wildman–Crippen LogP) is 0.199. The van der Waals surface area contributed by atoms with E-state index in [4.69, 9.17) is 4.74 Å². The summed E-state index contributed by atoms with van der Waals surface area (Å²) in [5, 5.41) is 2.72. The lowest BCUT2D eigenvalue weighted by atomic mass is 10.3. The van der Waals surface area contributed by atoms with Gasteiger partial charge in [-0.05, 0) is 13.8 Å². The van der Waals surface area contributed by atoms with Gasteiger partial charge in [-0.25, -0.2) is 4.79 Å². The Kier molecular flexibility index (Phi) is 2.55. The van der Waals surface area contributed by atoms with Crippen LogP contribution in [0.25, 0.3) is 0 Å². The molecule has 0 saturated heterocycles. The fourth-order valence-corrected chi connectivity index (χ4v) is 1.13. The molecule has 0 amide bonds. The van der Waals surface area contributed by atoms with Crippen LogP contribution >= 0.6 is 0 Å². The normalized spacial score (nSPS) is 10.1. The van der Waals surface area contributed by atoms with Crippen LogP contribution in [-0.2, 0) is 11.8 Å². The topological polar surface area (TPSA) is 64.1 Å². The lowest BCUT2D eigenvalue weighted by Gasteiger charge is -1.97. The first kappa shape index (κ1) is 9.57. The third-order valence-electron chi connectivity index (χ3n) is 1.71. The molecule has 0 aliphatic rings. The Morgan fingerprint density at radius 1 is 1.62 bits per heavy atom. The number of H-pyrrole nitrogens is 1.